The van der Waals surface area contributed by atoms with Gasteiger partial charge in [-0.2, -0.15) is 0 Å². The molecule has 20 heavy (non-hydrogen) atoms. The predicted molar refractivity (Wildman–Crippen MR) is 84.4 cm³/mol. The lowest BCUT2D eigenvalue weighted by atomic mass is 10.3. The van der Waals surface area contributed by atoms with Gasteiger partial charge in [-0.3, -0.25) is 9.59 Å². The zero-order valence-electron chi connectivity index (χ0n) is 11.9. The van der Waals surface area contributed by atoms with Crippen molar-refractivity contribution in [3.8, 4) is 0 Å². The minimum atomic E-state index is -0.870. The minimum absolute atomic E-state index is 0.417. The lowest BCUT2D eigenvalue weighted by molar-refractivity contribution is -0.139. The molecule has 0 aromatic carbocycles. The summed E-state index contributed by atoms with van der Waals surface area (Å²) in [7, 11) is 2.78. The first-order valence-corrected chi connectivity index (χ1v) is 9.18. The van der Waals surface area contributed by atoms with Crippen LogP contribution in [0.25, 0.3) is 0 Å². The average Bonchev–Trinajstić information content (AvgIpc) is 2.40. The first-order chi connectivity index (χ1) is 9.52. The Hall–Kier alpha value is -0.440. The Balaban J connectivity index is 3.94. The fraction of sp³-hybridized carbons (Fsp3) is 0.833. The van der Waals surface area contributed by atoms with Gasteiger partial charge < -0.3 is 20.8 Å². The van der Waals surface area contributed by atoms with E-state index in [0.717, 1.165) is 12.8 Å². The third-order valence-electron chi connectivity index (χ3n) is 2.43. The molecule has 0 saturated carbocycles. The molecular formula is C12H24N2O4S2. The van der Waals surface area contributed by atoms with Crippen molar-refractivity contribution in [3.63, 3.8) is 0 Å². The molecule has 0 heterocycles. The molecule has 0 aliphatic heterocycles. The summed E-state index contributed by atoms with van der Waals surface area (Å²) in [5.74, 6) is -0.906. The van der Waals surface area contributed by atoms with Crippen molar-refractivity contribution in [1.82, 2.24) is 10.6 Å². The monoisotopic (exact) mass is 324 g/mol. The second-order valence-electron chi connectivity index (χ2n) is 4.26. The average molecular weight is 324 g/mol. The van der Waals surface area contributed by atoms with Crippen LogP contribution in [0.1, 0.15) is 26.7 Å². The number of carboxylic acid groups (broad SMARTS) is 2. The highest BCUT2D eigenvalue weighted by Gasteiger charge is 2.19. The Morgan fingerprint density at radius 3 is 1.50 bits per heavy atom. The molecule has 0 aromatic rings. The Morgan fingerprint density at radius 2 is 1.25 bits per heavy atom. The van der Waals surface area contributed by atoms with Crippen LogP contribution in [0, 0.1) is 0 Å². The quantitative estimate of drug-likeness (QED) is 0.297. The highest BCUT2D eigenvalue weighted by Crippen LogP contribution is 2.23. The van der Waals surface area contributed by atoms with E-state index in [1.807, 2.05) is 13.8 Å². The van der Waals surface area contributed by atoms with Gasteiger partial charge in [0.05, 0.1) is 0 Å². The number of nitrogens with one attached hydrogen (secondary N) is 2. The number of rotatable bonds is 13. The zero-order valence-corrected chi connectivity index (χ0v) is 13.6. The van der Waals surface area contributed by atoms with Gasteiger partial charge in [-0.1, -0.05) is 35.4 Å². The van der Waals surface area contributed by atoms with Crippen molar-refractivity contribution in [2.24, 2.45) is 0 Å². The highest BCUT2D eigenvalue weighted by atomic mass is 33.1. The summed E-state index contributed by atoms with van der Waals surface area (Å²) in [5, 5.41) is 23.9. The number of aliphatic carboxylic acids is 2. The van der Waals surface area contributed by atoms with E-state index < -0.39 is 24.0 Å². The molecule has 0 saturated heterocycles. The summed E-state index contributed by atoms with van der Waals surface area (Å²) in [6.45, 7) is 5.28. The third-order valence-corrected chi connectivity index (χ3v) is 4.85. The van der Waals surface area contributed by atoms with Crippen molar-refractivity contribution >= 4 is 33.5 Å². The summed E-state index contributed by atoms with van der Waals surface area (Å²) in [4.78, 5) is 22.0. The molecule has 0 amide bonds. The van der Waals surface area contributed by atoms with E-state index in [-0.39, 0.29) is 0 Å². The molecule has 0 aromatic heterocycles. The van der Waals surface area contributed by atoms with Gasteiger partial charge in [0.25, 0.3) is 0 Å². The van der Waals surface area contributed by atoms with E-state index in [1.54, 1.807) is 0 Å². The number of carboxylic acids is 2. The van der Waals surface area contributed by atoms with Crippen LogP contribution in [-0.2, 0) is 9.59 Å². The molecule has 6 nitrogen and oxygen atoms in total. The maximum atomic E-state index is 11.0. The van der Waals surface area contributed by atoms with E-state index in [0.29, 0.717) is 24.6 Å². The molecule has 0 aliphatic carbocycles. The van der Waals surface area contributed by atoms with Gasteiger partial charge >= 0.3 is 11.9 Å². The smallest absolute Gasteiger partial charge is 0.321 e. The molecule has 0 aliphatic rings. The molecule has 0 unspecified atom stereocenters. The molecule has 0 bridgehead atoms. The third kappa shape index (κ3) is 9.46. The molecule has 0 fully saturated rings. The first-order valence-electron chi connectivity index (χ1n) is 6.69. The lowest BCUT2D eigenvalue weighted by Crippen LogP contribution is -2.40. The van der Waals surface area contributed by atoms with Gasteiger partial charge in [-0.05, 0) is 25.9 Å². The number of carbonyl (C=O) groups is 2. The van der Waals surface area contributed by atoms with Crippen LogP contribution in [0.15, 0.2) is 0 Å². The van der Waals surface area contributed by atoms with Crippen molar-refractivity contribution in [2.45, 2.75) is 38.8 Å². The molecule has 0 rings (SSSR count). The van der Waals surface area contributed by atoms with Gasteiger partial charge in [0, 0.05) is 11.5 Å². The maximum absolute atomic E-state index is 11.0. The Kier molecular flexibility index (Phi) is 12.0. The highest BCUT2D eigenvalue weighted by molar-refractivity contribution is 8.76. The first kappa shape index (κ1) is 19.6. The van der Waals surface area contributed by atoms with Crippen molar-refractivity contribution in [1.29, 1.82) is 0 Å². The fourth-order valence-electron chi connectivity index (χ4n) is 1.30. The van der Waals surface area contributed by atoms with Gasteiger partial charge in [-0.25, -0.2) is 0 Å². The summed E-state index contributed by atoms with van der Waals surface area (Å²) in [6.07, 6.45) is 1.76. The zero-order chi connectivity index (χ0) is 15.4. The molecule has 2 atom stereocenters. The van der Waals surface area contributed by atoms with Gasteiger partial charge in [0.2, 0.25) is 0 Å². The molecule has 8 heteroatoms. The standard InChI is InChI=1S/C12H24N2O4S2/c1-3-5-13-9(11(15)16)7-19-20-8-10(12(17)18)14-6-4-2/h9-10,13-14H,3-8H2,1-2H3,(H,15,16)(H,17,18)/t9-,10-/m0/s1. The van der Waals surface area contributed by atoms with E-state index >= 15 is 0 Å². The van der Waals surface area contributed by atoms with E-state index in [1.165, 1.54) is 21.6 Å². The molecule has 4 N–H and O–H groups in total. The van der Waals surface area contributed by atoms with Crippen LogP contribution in [0.4, 0.5) is 0 Å². The van der Waals surface area contributed by atoms with Gasteiger partial charge in [0.15, 0.2) is 0 Å². The summed E-state index contributed by atoms with van der Waals surface area (Å²) >= 11 is 0. The van der Waals surface area contributed by atoms with Crippen LogP contribution in [0.3, 0.4) is 0 Å². The van der Waals surface area contributed by atoms with Crippen LogP contribution in [0.5, 0.6) is 0 Å². The minimum Gasteiger partial charge on any atom is -0.480 e. The normalized spacial score (nSPS) is 13.9. The fourth-order valence-corrected chi connectivity index (χ4v) is 3.68. The Morgan fingerprint density at radius 1 is 0.900 bits per heavy atom. The summed E-state index contributed by atoms with van der Waals surface area (Å²) in [5.41, 5.74) is 0. The summed E-state index contributed by atoms with van der Waals surface area (Å²) in [6, 6.07) is -1.17. The number of hydrogen-bond acceptors (Lipinski definition) is 6. The van der Waals surface area contributed by atoms with E-state index in [2.05, 4.69) is 10.6 Å². The molecule has 0 radical (unpaired) electrons. The topological polar surface area (TPSA) is 98.7 Å². The largest absolute Gasteiger partial charge is 0.480 e. The van der Waals surface area contributed by atoms with Crippen molar-refractivity contribution in [3.05, 3.63) is 0 Å². The lowest BCUT2D eigenvalue weighted by Gasteiger charge is -2.15. The second kappa shape index (κ2) is 12.3. The van der Waals surface area contributed by atoms with Crippen LogP contribution >= 0.6 is 21.6 Å². The van der Waals surface area contributed by atoms with Crippen molar-refractivity contribution in [2.75, 3.05) is 24.6 Å². The number of hydrogen-bond donors (Lipinski definition) is 4. The van der Waals surface area contributed by atoms with E-state index in [9.17, 15) is 9.59 Å². The molecule has 0 spiro atoms. The maximum Gasteiger partial charge on any atom is 0.321 e. The summed E-state index contributed by atoms with van der Waals surface area (Å²) < 4.78 is 0. The van der Waals surface area contributed by atoms with Gasteiger partial charge in [0.1, 0.15) is 12.1 Å². The van der Waals surface area contributed by atoms with Crippen LogP contribution in [0.2, 0.25) is 0 Å². The van der Waals surface area contributed by atoms with Gasteiger partial charge in [-0.15, -0.1) is 0 Å². The Labute approximate surface area is 127 Å². The van der Waals surface area contributed by atoms with Crippen molar-refractivity contribution < 1.29 is 19.8 Å². The van der Waals surface area contributed by atoms with Crippen LogP contribution in [-0.4, -0.2) is 58.8 Å². The second-order valence-corrected chi connectivity index (χ2v) is 6.81. The predicted octanol–water partition coefficient (Wildman–Crippen LogP) is 1.27. The molecular weight excluding hydrogens is 300 g/mol. The van der Waals surface area contributed by atoms with Crippen LogP contribution < -0.4 is 10.6 Å². The molecule has 118 valence electrons. The van der Waals surface area contributed by atoms with E-state index in [4.69, 9.17) is 10.2 Å². The Bertz CT molecular complexity index is 265. The SMILES string of the molecule is CCCN[C@@H](CSSC[C@H](NCCC)C(=O)O)C(=O)O.